The first-order chi connectivity index (χ1) is 17.8. The molecule has 0 saturated carbocycles. The van der Waals surface area contributed by atoms with Gasteiger partial charge in [0.25, 0.3) is 0 Å². The van der Waals surface area contributed by atoms with Crippen LogP contribution in [0, 0.1) is 17.2 Å². The second kappa shape index (κ2) is 10.2. The second-order valence-corrected chi connectivity index (χ2v) is 10.2. The van der Waals surface area contributed by atoms with E-state index in [2.05, 4.69) is 24.8 Å². The fraction of sp³-hybridized carbons (Fsp3) is 0.323. The number of benzene rings is 3. The number of nitrogens with zero attached hydrogens (tertiary/aromatic N) is 2. The van der Waals surface area contributed by atoms with Crippen LogP contribution in [0.25, 0.3) is 11.1 Å². The molecule has 0 radical (unpaired) electrons. The lowest BCUT2D eigenvalue weighted by molar-refractivity contribution is 0.169. The van der Waals surface area contributed by atoms with Gasteiger partial charge in [-0.25, -0.2) is 0 Å². The molecule has 37 heavy (non-hydrogen) atoms. The normalized spacial score (nSPS) is 20.2. The van der Waals surface area contributed by atoms with E-state index in [1.807, 2.05) is 31.2 Å². The minimum Gasteiger partial charge on any atom is -0.508 e. The van der Waals surface area contributed by atoms with Crippen molar-refractivity contribution in [3.05, 3.63) is 82.9 Å². The van der Waals surface area contributed by atoms with Crippen LogP contribution in [0.2, 0.25) is 0 Å². The Morgan fingerprint density at radius 2 is 1.89 bits per heavy atom. The lowest BCUT2D eigenvalue weighted by Gasteiger charge is -2.31. The first-order valence-corrected chi connectivity index (χ1v) is 12.7. The zero-order valence-corrected chi connectivity index (χ0v) is 21.4. The van der Waals surface area contributed by atoms with E-state index in [0.717, 1.165) is 52.6 Å². The molecule has 0 aliphatic carbocycles. The summed E-state index contributed by atoms with van der Waals surface area (Å²) in [5.41, 5.74) is 4.52. The van der Waals surface area contributed by atoms with E-state index in [4.69, 9.17) is 9.47 Å². The largest absolute Gasteiger partial charge is 0.508 e. The number of phenolic OH excluding ortho intramolecular Hbond substituents is 2. The summed E-state index contributed by atoms with van der Waals surface area (Å²) >= 11 is 0. The molecule has 2 N–H and O–H groups in total. The molecule has 1 fully saturated rings. The molecule has 1 saturated heterocycles. The quantitative estimate of drug-likeness (QED) is 0.426. The summed E-state index contributed by atoms with van der Waals surface area (Å²) in [6.45, 7) is 9.38. The first-order valence-electron chi connectivity index (χ1n) is 12.7. The van der Waals surface area contributed by atoms with E-state index in [-0.39, 0.29) is 17.1 Å². The Labute approximate surface area is 218 Å². The standard InChI is InChI=1S/C31H32N2O4/c1-19-12-13-33(17-19)20(2)18-36-26-8-4-22(5-9-26)31-30(23-6-10-28(35)24(14-23)16-32)21(3)27-15-25(34)7-11-29(27)37-31/h4-11,14-15,19-20,31,34-35H,12-13,17-18H2,1-3H3/t19-,20+,31?/m1/s1. The number of hydrogen-bond acceptors (Lipinski definition) is 6. The Morgan fingerprint density at radius 1 is 1.11 bits per heavy atom. The third-order valence-corrected chi connectivity index (χ3v) is 7.46. The van der Waals surface area contributed by atoms with Gasteiger partial charge in [-0.05, 0) is 91.9 Å². The van der Waals surface area contributed by atoms with Gasteiger partial charge in [-0.15, -0.1) is 0 Å². The smallest absolute Gasteiger partial charge is 0.150 e. The SMILES string of the molecule is CC1=C(c2ccc(O)c(C#N)c2)C(c2ccc(OC[C@H](C)N3CC[C@@H](C)C3)cc2)Oc2ccc(O)cc21. The molecule has 3 atom stereocenters. The van der Waals surface area contributed by atoms with E-state index in [1.54, 1.807) is 30.3 Å². The number of phenols is 2. The minimum absolute atomic E-state index is 0.0602. The third-order valence-electron chi connectivity index (χ3n) is 7.46. The number of allylic oxidation sites excluding steroid dienone is 1. The van der Waals surface area contributed by atoms with Crippen molar-refractivity contribution in [2.75, 3.05) is 19.7 Å². The van der Waals surface area contributed by atoms with Crippen LogP contribution in [0.4, 0.5) is 0 Å². The van der Waals surface area contributed by atoms with Crippen molar-refractivity contribution < 1.29 is 19.7 Å². The first kappa shape index (κ1) is 24.7. The van der Waals surface area contributed by atoms with Crippen LogP contribution in [0.5, 0.6) is 23.0 Å². The van der Waals surface area contributed by atoms with E-state index >= 15 is 0 Å². The van der Waals surface area contributed by atoms with Gasteiger partial charge < -0.3 is 19.7 Å². The highest BCUT2D eigenvalue weighted by molar-refractivity contribution is 5.96. The molecular weight excluding hydrogens is 464 g/mol. The maximum absolute atomic E-state index is 10.1. The second-order valence-electron chi connectivity index (χ2n) is 10.2. The monoisotopic (exact) mass is 496 g/mol. The lowest BCUT2D eigenvalue weighted by Crippen LogP contribution is -2.35. The van der Waals surface area contributed by atoms with Crippen LogP contribution in [-0.4, -0.2) is 40.9 Å². The summed E-state index contributed by atoms with van der Waals surface area (Å²) in [6, 6.07) is 20.4. The molecular formula is C31H32N2O4. The summed E-state index contributed by atoms with van der Waals surface area (Å²) < 4.78 is 12.6. The van der Waals surface area contributed by atoms with Crippen molar-refractivity contribution in [1.29, 1.82) is 5.26 Å². The molecule has 0 aromatic heterocycles. The van der Waals surface area contributed by atoms with Crippen molar-refractivity contribution in [3.63, 3.8) is 0 Å². The molecule has 6 nitrogen and oxygen atoms in total. The molecule has 6 heteroatoms. The predicted molar refractivity (Wildman–Crippen MR) is 144 cm³/mol. The van der Waals surface area contributed by atoms with Gasteiger partial charge in [0.2, 0.25) is 0 Å². The molecule has 3 aromatic carbocycles. The zero-order valence-electron chi connectivity index (χ0n) is 21.4. The summed E-state index contributed by atoms with van der Waals surface area (Å²) in [4.78, 5) is 2.48. The molecule has 0 amide bonds. The van der Waals surface area contributed by atoms with Crippen LogP contribution in [0.15, 0.2) is 60.7 Å². The Hall–Kier alpha value is -3.95. The average Bonchev–Trinajstić information content (AvgIpc) is 3.35. The van der Waals surface area contributed by atoms with Gasteiger partial charge in [-0.2, -0.15) is 5.26 Å². The summed E-state index contributed by atoms with van der Waals surface area (Å²) in [5, 5.41) is 29.6. The number of rotatable bonds is 6. The van der Waals surface area contributed by atoms with Crippen molar-refractivity contribution in [1.82, 2.24) is 4.90 Å². The minimum atomic E-state index is -0.438. The van der Waals surface area contributed by atoms with Gasteiger partial charge in [-0.3, -0.25) is 4.90 Å². The van der Waals surface area contributed by atoms with E-state index in [0.29, 0.717) is 18.4 Å². The van der Waals surface area contributed by atoms with Crippen LogP contribution in [0.1, 0.15) is 55.5 Å². The Balaban J connectivity index is 1.44. The van der Waals surface area contributed by atoms with Crippen molar-refractivity contribution in [2.24, 2.45) is 5.92 Å². The number of fused-ring (bicyclic) bond motifs is 1. The molecule has 2 heterocycles. The highest BCUT2D eigenvalue weighted by Gasteiger charge is 2.30. The van der Waals surface area contributed by atoms with Gasteiger partial charge in [0.1, 0.15) is 41.8 Å². The molecule has 3 aromatic rings. The van der Waals surface area contributed by atoms with Crippen molar-refractivity contribution in [2.45, 2.75) is 39.3 Å². The fourth-order valence-electron chi connectivity index (χ4n) is 5.27. The summed E-state index contributed by atoms with van der Waals surface area (Å²) in [5.74, 6) is 2.33. The predicted octanol–water partition coefficient (Wildman–Crippen LogP) is 6.14. The van der Waals surface area contributed by atoms with Crippen LogP contribution in [-0.2, 0) is 0 Å². The topological polar surface area (TPSA) is 86.0 Å². The summed E-state index contributed by atoms with van der Waals surface area (Å²) in [7, 11) is 0. The van der Waals surface area contributed by atoms with Gasteiger partial charge in [0, 0.05) is 23.7 Å². The number of likely N-dealkylation sites (tertiary alicyclic amines) is 1. The van der Waals surface area contributed by atoms with Crippen LogP contribution in [0.3, 0.4) is 0 Å². The van der Waals surface area contributed by atoms with E-state index in [9.17, 15) is 15.5 Å². The molecule has 5 rings (SSSR count). The average molecular weight is 497 g/mol. The highest BCUT2D eigenvalue weighted by atomic mass is 16.5. The molecule has 190 valence electrons. The van der Waals surface area contributed by atoms with Crippen molar-refractivity contribution >= 4 is 11.1 Å². The number of hydrogen-bond donors (Lipinski definition) is 2. The Bertz CT molecular complexity index is 1370. The van der Waals surface area contributed by atoms with Crippen LogP contribution >= 0.6 is 0 Å². The zero-order chi connectivity index (χ0) is 26.1. The molecule has 2 aliphatic rings. The van der Waals surface area contributed by atoms with E-state index < -0.39 is 6.10 Å². The third kappa shape index (κ3) is 5.00. The van der Waals surface area contributed by atoms with Gasteiger partial charge in [-0.1, -0.05) is 25.1 Å². The maximum atomic E-state index is 10.1. The highest BCUT2D eigenvalue weighted by Crippen LogP contribution is 2.47. The fourth-order valence-corrected chi connectivity index (χ4v) is 5.27. The van der Waals surface area contributed by atoms with Crippen molar-refractivity contribution in [3.8, 4) is 29.1 Å². The number of aromatic hydroxyl groups is 2. The molecule has 0 spiro atoms. The number of nitriles is 1. The Morgan fingerprint density at radius 3 is 2.59 bits per heavy atom. The van der Waals surface area contributed by atoms with Gasteiger partial charge >= 0.3 is 0 Å². The Kier molecular flexibility index (Phi) is 6.82. The molecule has 1 unspecified atom stereocenters. The maximum Gasteiger partial charge on any atom is 0.150 e. The van der Waals surface area contributed by atoms with E-state index in [1.165, 1.54) is 12.5 Å². The lowest BCUT2D eigenvalue weighted by atomic mass is 9.85. The van der Waals surface area contributed by atoms with Gasteiger partial charge in [0.15, 0.2) is 0 Å². The van der Waals surface area contributed by atoms with Gasteiger partial charge in [0.05, 0.1) is 5.56 Å². The number of ether oxygens (including phenoxy) is 2. The summed E-state index contributed by atoms with van der Waals surface area (Å²) in [6.07, 6.45) is 0.808. The molecule has 0 bridgehead atoms. The van der Waals surface area contributed by atoms with Crippen LogP contribution < -0.4 is 9.47 Å². The molecule has 2 aliphatic heterocycles.